The monoisotopic (exact) mass is 347 g/mol. The van der Waals surface area contributed by atoms with Crippen LogP contribution in [0.1, 0.15) is 11.1 Å². The van der Waals surface area contributed by atoms with E-state index in [1.165, 1.54) is 12.1 Å². The molecule has 3 N–H and O–H groups in total. The van der Waals surface area contributed by atoms with Crippen molar-refractivity contribution in [1.82, 2.24) is 0 Å². The Labute approximate surface area is 138 Å². The number of aliphatic hydroxyl groups is 1. The van der Waals surface area contributed by atoms with Gasteiger partial charge in [0.05, 0.1) is 12.2 Å². The fourth-order valence-corrected chi connectivity index (χ4v) is 1.98. The highest BCUT2D eigenvalue weighted by Crippen LogP contribution is 2.32. The molecular weight excluding hydrogens is 331 g/mol. The van der Waals surface area contributed by atoms with Crippen molar-refractivity contribution in [2.24, 2.45) is 5.73 Å². The highest BCUT2D eigenvalue weighted by Gasteiger charge is 2.30. The highest BCUT2D eigenvalue weighted by molar-refractivity contribution is 5.85. The number of benzene rings is 2. The van der Waals surface area contributed by atoms with Gasteiger partial charge in [-0.15, -0.1) is 12.4 Å². The molecule has 0 aliphatic heterocycles. The zero-order valence-electron chi connectivity index (χ0n) is 12.1. The molecule has 0 spiro atoms. The van der Waals surface area contributed by atoms with Crippen LogP contribution in [0.5, 0.6) is 11.5 Å². The molecular formula is C16H17ClF3NO2. The van der Waals surface area contributed by atoms with E-state index >= 15 is 0 Å². The number of aliphatic hydroxyl groups excluding tert-OH is 1. The van der Waals surface area contributed by atoms with Crippen LogP contribution in [-0.2, 0) is 12.6 Å². The molecule has 0 saturated heterocycles. The second-order valence-corrected chi connectivity index (χ2v) is 4.92. The van der Waals surface area contributed by atoms with E-state index in [0.29, 0.717) is 12.2 Å². The van der Waals surface area contributed by atoms with Crippen LogP contribution in [-0.4, -0.2) is 17.8 Å². The Hall–Kier alpha value is -1.76. The molecule has 1 unspecified atom stereocenters. The van der Waals surface area contributed by atoms with Crippen molar-refractivity contribution in [3.8, 4) is 11.5 Å². The molecule has 0 bridgehead atoms. The van der Waals surface area contributed by atoms with Crippen LogP contribution in [0.3, 0.4) is 0 Å². The molecule has 2 aromatic rings. The second-order valence-electron chi connectivity index (χ2n) is 4.92. The first kappa shape index (κ1) is 19.3. The second kappa shape index (κ2) is 8.19. The molecule has 126 valence electrons. The maximum atomic E-state index is 12.7. The van der Waals surface area contributed by atoms with Crippen LogP contribution in [0.2, 0.25) is 0 Å². The van der Waals surface area contributed by atoms with Gasteiger partial charge in [0.15, 0.2) is 0 Å². The van der Waals surface area contributed by atoms with Crippen LogP contribution in [0.4, 0.5) is 13.2 Å². The lowest BCUT2D eigenvalue weighted by Gasteiger charge is -2.12. The minimum Gasteiger partial charge on any atom is -0.457 e. The molecule has 0 aliphatic rings. The zero-order chi connectivity index (χ0) is 16.2. The molecule has 2 rings (SSSR count). The van der Waals surface area contributed by atoms with Crippen LogP contribution >= 0.6 is 12.4 Å². The number of halogens is 4. The van der Waals surface area contributed by atoms with E-state index < -0.39 is 11.7 Å². The van der Waals surface area contributed by atoms with E-state index in [9.17, 15) is 13.2 Å². The predicted molar refractivity (Wildman–Crippen MR) is 84.0 cm³/mol. The summed E-state index contributed by atoms with van der Waals surface area (Å²) in [6, 6.07) is 11.2. The largest absolute Gasteiger partial charge is 0.457 e. The first-order valence-electron chi connectivity index (χ1n) is 6.69. The minimum absolute atomic E-state index is 0. The fraction of sp³-hybridized carbons (Fsp3) is 0.250. The van der Waals surface area contributed by atoms with Gasteiger partial charge in [-0.05, 0) is 42.3 Å². The molecule has 0 aromatic heterocycles. The summed E-state index contributed by atoms with van der Waals surface area (Å²) in [5.41, 5.74) is 5.74. The lowest BCUT2D eigenvalue weighted by Crippen LogP contribution is -2.26. The van der Waals surface area contributed by atoms with Gasteiger partial charge in [0, 0.05) is 6.04 Å². The standard InChI is InChI=1S/C16H16F3NO2.ClH/c17-16(18,19)12-4-2-6-15(9-12)22-14-5-1-3-11(8-14)7-13(20)10-21;/h1-6,8-9,13,21H,7,10,20H2;1H. The van der Waals surface area contributed by atoms with Crippen LogP contribution in [0.15, 0.2) is 48.5 Å². The van der Waals surface area contributed by atoms with Crippen LogP contribution < -0.4 is 10.5 Å². The summed E-state index contributed by atoms with van der Waals surface area (Å²) in [6.07, 6.45) is -3.95. The van der Waals surface area contributed by atoms with Gasteiger partial charge in [0.25, 0.3) is 0 Å². The Morgan fingerprint density at radius 1 is 1.04 bits per heavy atom. The number of ether oxygens (including phenoxy) is 1. The first-order valence-corrected chi connectivity index (χ1v) is 6.69. The smallest absolute Gasteiger partial charge is 0.416 e. The SMILES string of the molecule is Cl.NC(CO)Cc1cccc(Oc2cccc(C(F)(F)F)c2)c1. The van der Waals surface area contributed by atoms with Crippen molar-refractivity contribution in [1.29, 1.82) is 0 Å². The summed E-state index contributed by atoms with van der Waals surface area (Å²) in [4.78, 5) is 0. The number of rotatable bonds is 5. The summed E-state index contributed by atoms with van der Waals surface area (Å²) < 4.78 is 43.4. The number of hydrogen-bond donors (Lipinski definition) is 2. The van der Waals surface area contributed by atoms with Crippen molar-refractivity contribution in [2.45, 2.75) is 18.6 Å². The Morgan fingerprint density at radius 3 is 2.26 bits per heavy atom. The summed E-state index contributed by atoms with van der Waals surface area (Å²) in [5, 5.41) is 8.94. The average molecular weight is 348 g/mol. The van der Waals surface area contributed by atoms with Gasteiger partial charge < -0.3 is 15.6 Å². The summed E-state index contributed by atoms with van der Waals surface area (Å²) in [6.45, 7) is -0.140. The van der Waals surface area contributed by atoms with E-state index in [4.69, 9.17) is 15.6 Å². The minimum atomic E-state index is -4.41. The Morgan fingerprint density at radius 2 is 1.65 bits per heavy atom. The zero-order valence-corrected chi connectivity index (χ0v) is 12.9. The molecule has 0 saturated carbocycles. The quantitative estimate of drug-likeness (QED) is 0.865. The van der Waals surface area contributed by atoms with Gasteiger partial charge in [0.1, 0.15) is 11.5 Å². The third-order valence-electron chi connectivity index (χ3n) is 3.03. The van der Waals surface area contributed by atoms with Gasteiger partial charge in [-0.3, -0.25) is 0 Å². The molecule has 1 atom stereocenters. The summed E-state index contributed by atoms with van der Waals surface area (Å²) in [7, 11) is 0. The Bertz CT molecular complexity index is 635. The van der Waals surface area contributed by atoms with Gasteiger partial charge >= 0.3 is 6.18 Å². The predicted octanol–water partition coefficient (Wildman–Crippen LogP) is 3.78. The van der Waals surface area contributed by atoms with Crippen molar-refractivity contribution in [3.63, 3.8) is 0 Å². The molecule has 7 heteroatoms. The molecule has 0 heterocycles. The lowest BCUT2D eigenvalue weighted by atomic mass is 10.1. The first-order chi connectivity index (χ1) is 10.4. The third-order valence-corrected chi connectivity index (χ3v) is 3.03. The van der Waals surface area contributed by atoms with E-state index in [1.54, 1.807) is 18.2 Å². The van der Waals surface area contributed by atoms with Crippen LogP contribution in [0, 0.1) is 0 Å². The van der Waals surface area contributed by atoms with E-state index in [2.05, 4.69) is 0 Å². The lowest BCUT2D eigenvalue weighted by molar-refractivity contribution is -0.137. The number of hydrogen-bond acceptors (Lipinski definition) is 3. The molecule has 0 fully saturated rings. The van der Waals surface area contributed by atoms with Crippen molar-refractivity contribution < 1.29 is 23.0 Å². The Balaban J connectivity index is 0.00000264. The maximum Gasteiger partial charge on any atom is 0.416 e. The summed E-state index contributed by atoms with van der Waals surface area (Å²) in [5.74, 6) is 0.528. The molecule has 0 amide bonds. The molecule has 0 aliphatic carbocycles. The Kier molecular flexibility index (Phi) is 6.87. The van der Waals surface area contributed by atoms with Gasteiger partial charge in [-0.25, -0.2) is 0 Å². The fourth-order valence-electron chi connectivity index (χ4n) is 1.98. The maximum absolute atomic E-state index is 12.7. The third kappa shape index (κ3) is 5.74. The van der Waals surface area contributed by atoms with Gasteiger partial charge in [-0.2, -0.15) is 13.2 Å². The normalized spacial score (nSPS) is 12.4. The average Bonchev–Trinajstić information content (AvgIpc) is 2.47. The van der Waals surface area contributed by atoms with Crippen molar-refractivity contribution in [3.05, 3.63) is 59.7 Å². The highest BCUT2D eigenvalue weighted by atomic mass is 35.5. The van der Waals surface area contributed by atoms with Gasteiger partial charge in [-0.1, -0.05) is 18.2 Å². The molecule has 2 aromatic carbocycles. The topological polar surface area (TPSA) is 55.5 Å². The molecule has 0 radical (unpaired) electrons. The van der Waals surface area contributed by atoms with E-state index in [0.717, 1.165) is 17.7 Å². The molecule has 23 heavy (non-hydrogen) atoms. The van der Waals surface area contributed by atoms with Crippen molar-refractivity contribution >= 4 is 12.4 Å². The number of alkyl halides is 3. The number of nitrogens with two attached hydrogens (primary N) is 1. The van der Waals surface area contributed by atoms with Crippen molar-refractivity contribution in [2.75, 3.05) is 6.61 Å². The molecule has 3 nitrogen and oxygen atoms in total. The summed E-state index contributed by atoms with van der Waals surface area (Å²) >= 11 is 0. The van der Waals surface area contributed by atoms with E-state index in [1.807, 2.05) is 6.07 Å². The van der Waals surface area contributed by atoms with Gasteiger partial charge in [0.2, 0.25) is 0 Å². The van der Waals surface area contributed by atoms with Crippen LogP contribution in [0.25, 0.3) is 0 Å². The van der Waals surface area contributed by atoms with E-state index in [-0.39, 0.29) is 30.8 Å².